The van der Waals surface area contributed by atoms with Gasteiger partial charge in [0.1, 0.15) is 34.9 Å². The zero-order valence-electron chi connectivity index (χ0n) is 18.7. The Morgan fingerprint density at radius 3 is 2.54 bits per heavy atom. The number of Topliss-reactive ketones (excluding diaryl/α,β-unsaturated/α-hetero) is 1. The lowest BCUT2D eigenvalue weighted by Gasteiger charge is -2.14. The largest absolute Gasteiger partial charge is 0.506 e. The van der Waals surface area contributed by atoms with E-state index < -0.39 is 17.7 Å². The van der Waals surface area contributed by atoms with Crippen molar-refractivity contribution in [2.75, 3.05) is 0 Å². The summed E-state index contributed by atoms with van der Waals surface area (Å²) in [6.45, 7) is 0. The monoisotopic (exact) mass is 468 g/mol. The lowest BCUT2D eigenvalue weighted by atomic mass is 9.97. The van der Waals surface area contributed by atoms with Crippen molar-refractivity contribution in [1.82, 2.24) is 19.5 Å². The van der Waals surface area contributed by atoms with Gasteiger partial charge in [-0.3, -0.25) is 4.79 Å². The van der Waals surface area contributed by atoms with Gasteiger partial charge in [-0.25, -0.2) is 14.4 Å². The molecule has 5 rings (SSSR count). The summed E-state index contributed by atoms with van der Waals surface area (Å²) in [5.41, 5.74) is 2.01. The maximum Gasteiger partial charge on any atom is 0.200 e. The van der Waals surface area contributed by atoms with E-state index in [9.17, 15) is 19.4 Å². The molecule has 0 saturated carbocycles. The van der Waals surface area contributed by atoms with Crippen molar-refractivity contribution < 1.29 is 19.4 Å². The van der Waals surface area contributed by atoms with Crippen LogP contribution in [-0.2, 0) is 7.05 Å². The molecule has 0 aliphatic rings. The van der Waals surface area contributed by atoms with E-state index in [1.54, 1.807) is 60.4 Å². The number of halogens is 1. The molecule has 5 aromatic rings. The minimum Gasteiger partial charge on any atom is -0.506 e. The number of carbonyl (C=O) groups excluding carboxylic acids is 1. The summed E-state index contributed by atoms with van der Waals surface area (Å²) in [6, 6.07) is 19.0. The second kappa shape index (κ2) is 9.00. The van der Waals surface area contributed by atoms with Crippen LogP contribution in [0.15, 0.2) is 85.2 Å². The fraction of sp³-hybridized carbons (Fsp3) is 0.0741. The second-order valence-corrected chi connectivity index (χ2v) is 8.09. The van der Waals surface area contributed by atoms with Gasteiger partial charge in [0.25, 0.3) is 0 Å². The zero-order chi connectivity index (χ0) is 24.5. The number of hydrogen-bond acceptors (Lipinski definition) is 5. The summed E-state index contributed by atoms with van der Waals surface area (Å²) in [6.07, 6.45) is 2.25. The lowest BCUT2D eigenvalue weighted by molar-refractivity contribution is 0.105. The Morgan fingerprint density at radius 1 is 1.03 bits per heavy atom. The average Bonchev–Trinajstić information content (AvgIpc) is 3.49. The van der Waals surface area contributed by atoms with Gasteiger partial charge in [-0.15, -0.1) is 0 Å². The highest BCUT2D eigenvalue weighted by Crippen LogP contribution is 2.30. The van der Waals surface area contributed by atoms with Gasteiger partial charge in [-0.2, -0.15) is 0 Å². The molecule has 1 unspecified atom stereocenters. The van der Waals surface area contributed by atoms with Crippen LogP contribution in [0, 0.1) is 5.82 Å². The number of aliphatic hydroxyl groups is 2. The highest BCUT2D eigenvalue weighted by molar-refractivity contribution is 6.33. The maximum absolute atomic E-state index is 13.9. The van der Waals surface area contributed by atoms with Crippen LogP contribution in [-0.4, -0.2) is 35.5 Å². The Balaban J connectivity index is 1.66. The molecule has 0 amide bonds. The minimum absolute atomic E-state index is 0.0659. The molecule has 0 aliphatic heterocycles. The first-order chi connectivity index (χ1) is 16.9. The Hall–Kier alpha value is -4.56. The summed E-state index contributed by atoms with van der Waals surface area (Å²) in [5, 5.41) is 22.2. The standard InChI is InChI=1S/C27H21FN4O3/c1-32-13-12-29-27(32)25(35)17-7-4-6-16(14-17)23(33)22(24(34)18-8-5-9-19(28)15-18)26-30-20-10-2-3-11-21(20)31-26/h2-15,25,33,35H,1H3,(H,30,31). The minimum atomic E-state index is -1.05. The number of ketones is 1. The molecular weight excluding hydrogens is 447 g/mol. The molecule has 174 valence electrons. The molecule has 2 aromatic heterocycles. The molecule has 2 heterocycles. The summed E-state index contributed by atoms with van der Waals surface area (Å²) in [7, 11) is 1.77. The molecule has 1 atom stereocenters. The molecule has 0 bridgehead atoms. The SMILES string of the molecule is Cn1ccnc1C(O)c1cccc(C(O)=C(C(=O)c2cccc(F)c2)c2nc3ccccc3[nH]2)c1. The molecule has 0 aliphatic carbocycles. The highest BCUT2D eigenvalue weighted by atomic mass is 19.1. The van der Waals surface area contributed by atoms with E-state index >= 15 is 0 Å². The first-order valence-electron chi connectivity index (χ1n) is 10.9. The number of fused-ring (bicyclic) bond motifs is 1. The smallest absolute Gasteiger partial charge is 0.200 e. The van der Waals surface area contributed by atoms with E-state index in [4.69, 9.17) is 0 Å². The van der Waals surface area contributed by atoms with Crippen LogP contribution in [0.3, 0.4) is 0 Å². The number of aliphatic hydroxyl groups excluding tert-OH is 2. The highest BCUT2D eigenvalue weighted by Gasteiger charge is 2.25. The Labute approximate surface area is 199 Å². The normalized spacial score (nSPS) is 13.0. The predicted octanol–water partition coefficient (Wildman–Crippen LogP) is 4.83. The van der Waals surface area contributed by atoms with Crippen molar-refractivity contribution >= 4 is 28.1 Å². The molecule has 0 spiro atoms. The number of nitrogens with one attached hydrogen (secondary N) is 1. The van der Waals surface area contributed by atoms with Gasteiger partial charge in [-0.05, 0) is 35.9 Å². The van der Waals surface area contributed by atoms with Crippen molar-refractivity contribution in [3.8, 4) is 0 Å². The van der Waals surface area contributed by atoms with Crippen LogP contribution < -0.4 is 0 Å². The number of aromatic amines is 1. The van der Waals surface area contributed by atoms with Crippen LogP contribution >= 0.6 is 0 Å². The predicted molar refractivity (Wildman–Crippen MR) is 130 cm³/mol. The molecule has 0 saturated heterocycles. The number of hydrogen-bond donors (Lipinski definition) is 3. The van der Waals surface area contributed by atoms with Crippen molar-refractivity contribution in [2.45, 2.75) is 6.10 Å². The van der Waals surface area contributed by atoms with Crippen molar-refractivity contribution in [3.63, 3.8) is 0 Å². The summed E-state index contributed by atoms with van der Waals surface area (Å²) >= 11 is 0. The van der Waals surface area contributed by atoms with Gasteiger partial charge in [0, 0.05) is 30.6 Å². The number of carbonyl (C=O) groups is 1. The van der Waals surface area contributed by atoms with E-state index in [1.807, 2.05) is 12.1 Å². The third-order valence-electron chi connectivity index (χ3n) is 5.76. The summed E-state index contributed by atoms with van der Waals surface area (Å²) in [5.74, 6) is -0.949. The molecule has 7 nitrogen and oxygen atoms in total. The van der Waals surface area contributed by atoms with Gasteiger partial charge in [0.2, 0.25) is 5.78 Å². The second-order valence-electron chi connectivity index (χ2n) is 8.09. The first-order valence-corrected chi connectivity index (χ1v) is 10.9. The number of allylic oxidation sites excluding steroid dienone is 1. The molecule has 3 aromatic carbocycles. The molecule has 35 heavy (non-hydrogen) atoms. The average molecular weight is 468 g/mol. The van der Waals surface area contributed by atoms with Crippen molar-refractivity contribution in [1.29, 1.82) is 0 Å². The molecular formula is C27H21FN4O3. The van der Waals surface area contributed by atoms with Gasteiger partial charge in [0.15, 0.2) is 0 Å². The van der Waals surface area contributed by atoms with Crippen LogP contribution in [0.1, 0.15) is 39.2 Å². The fourth-order valence-corrected chi connectivity index (χ4v) is 3.96. The lowest BCUT2D eigenvalue weighted by Crippen LogP contribution is -2.09. The van der Waals surface area contributed by atoms with Crippen LogP contribution in [0.5, 0.6) is 0 Å². The zero-order valence-corrected chi connectivity index (χ0v) is 18.7. The topological polar surface area (TPSA) is 104 Å². The number of benzene rings is 3. The number of aromatic nitrogens is 4. The van der Waals surface area contributed by atoms with E-state index in [0.29, 0.717) is 22.4 Å². The van der Waals surface area contributed by atoms with Crippen LogP contribution in [0.2, 0.25) is 0 Å². The Kier molecular flexibility index (Phi) is 5.72. The Bertz CT molecular complexity index is 1550. The number of H-pyrrole nitrogens is 1. The van der Waals surface area contributed by atoms with Crippen molar-refractivity contribution in [3.05, 3.63) is 119 Å². The molecule has 8 heteroatoms. The third kappa shape index (κ3) is 4.22. The number of nitrogens with zero attached hydrogens (tertiary/aromatic N) is 3. The van der Waals surface area contributed by atoms with Crippen LogP contribution in [0.4, 0.5) is 4.39 Å². The molecule has 3 N–H and O–H groups in total. The van der Waals surface area contributed by atoms with Crippen LogP contribution in [0.25, 0.3) is 22.4 Å². The van der Waals surface area contributed by atoms with Gasteiger partial charge in [-0.1, -0.05) is 42.5 Å². The van der Waals surface area contributed by atoms with Crippen molar-refractivity contribution in [2.24, 2.45) is 7.05 Å². The van der Waals surface area contributed by atoms with E-state index in [-0.39, 0.29) is 28.3 Å². The maximum atomic E-state index is 13.9. The number of imidazole rings is 2. The number of aryl methyl sites for hydroxylation is 1. The van der Waals surface area contributed by atoms with E-state index in [1.165, 1.54) is 18.2 Å². The van der Waals surface area contributed by atoms with Gasteiger partial charge in [0.05, 0.1) is 11.0 Å². The third-order valence-corrected chi connectivity index (χ3v) is 5.76. The Morgan fingerprint density at radius 2 is 1.80 bits per heavy atom. The fourth-order valence-electron chi connectivity index (χ4n) is 3.96. The van der Waals surface area contributed by atoms with Gasteiger partial charge >= 0.3 is 0 Å². The summed E-state index contributed by atoms with van der Waals surface area (Å²) < 4.78 is 15.6. The number of para-hydroxylation sites is 2. The number of rotatable bonds is 6. The quantitative estimate of drug-likeness (QED) is 0.188. The first kappa shape index (κ1) is 22.2. The molecule has 0 radical (unpaired) electrons. The van der Waals surface area contributed by atoms with E-state index in [0.717, 1.165) is 6.07 Å². The summed E-state index contributed by atoms with van der Waals surface area (Å²) in [4.78, 5) is 25.3. The molecule has 0 fully saturated rings. The van der Waals surface area contributed by atoms with E-state index in [2.05, 4.69) is 15.0 Å². The van der Waals surface area contributed by atoms with Gasteiger partial charge < -0.3 is 19.8 Å².